The average Bonchev–Trinajstić information content (AvgIpc) is 2.06. The Bertz CT molecular complexity index is 383. The molecule has 78 valence electrons. The first-order valence-electron chi connectivity index (χ1n) is 3.97. The number of hydrogen-bond acceptors (Lipinski definition) is 3. The van der Waals surface area contributed by atoms with Crippen molar-refractivity contribution in [3.05, 3.63) is 35.6 Å². The van der Waals surface area contributed by atoms with Crippen LogP contribution in [0.15, 0.2) is 24.3 Å². The molecule has 0 radical (unpaired) electrons. The molecule has 0 fully saturated rings. The van der Waals surface area contributed by atoms with E-state index < -0.39 is 9.84 Å². The van der Waals surface area contributed by atoms with Crippen LogP contribution in [0.1, 0.15) is 5.56 Å². The molecule has 0 heterocycles. The summed E-state index contributed by atoms with van der Waals surface area (Å²) in [6, 6.07) is 5.72. The van der Waals surface area contributed by atoms with E-state index in [0.717, 1.165) is 11.8 Å². The number of ether oxygens (including phenoxy) is 1. The number of benzene rings is 1. The van der Waals surface area contributed by atoms with Crippen LogP contribution in [0, 0.1) is 5.82 Å². The summed E-state index contributed by atoms with van der Waals surface area (Å²) in [6.07, 6.45) is 1.09. The normalized spacial score (nSPS) is 11.6. The van der Waals surface area contributed by atoms with Gasteiger partial charge in [0, 0.05) is 6.26 Å². The highest BCUT2D eigenvalue weighted by atomic mass is 32.2. The first-order chi connectivity index (χ1) is 6.47. The highest BCUT2D eigenvalue weighted by Gasteiger charge is 2.01. The van der Waals surface area contributed by atoms with Crippen LogP contribution in [0.3, 0.4) is 0 Å². The molecule has 0 saturated carbocycles. The van der Waals surface area contributed by atoms with E-state index in [2.05, 4.69) is 0 Å². The highest BCUT2D eigenvalue weighted by molar-refractivity contribution is 7.90. The molecule has 0 aromatic heterocycles. The second-order valence-electron chi connectivity index (χ2n) is 3.02. The van der Waals surface area contributed by atoms with Crippen molar-refractivity contribution in [3.8, 4) is 0 Å². The lowest BCUT2D eigenvalue weighted by atomic mass is 10.2. The summed E-state index contributed by atoms with van der Waals surface area (Å²) < 4.78 is 38.8. The average molecular weight is 218 g/mol. The lowest BCUT2D eigenvalue weighted by molar-refractivity contribution is 0.163. The van der Waals surface area contributed by atoms with E-state index in [9.17, 15) is 12.8 Å². The second-order valence-corrected chi connectivity index (χ2v) is 5.11. The molecule has 0 N–H and O–H groups in total. The molecule has 1 aromatic rings. The summed E-state index contributed by atoms with van der Waals surface area (Å²) in [4.78, 5) is 0. The molecular formula is C9H11FO3S. The molecule has 0 bridgehead atoms. The van der Waals surface area contributed by atoms with Gasteiger partial charge in [0.15, 0.2) is 9.84 Å². The zero-order valence-corrected chi connectivity index (χ0v) is 8.55. The van der Waals surface area contributed by atoms with E-state index in [0.29, 0.717) is 0 Å². The minimum absolute atomic E-state index is 0.174. The molecule has 1 rings (SSSR count). The minimum Gasteiger partial charge on any atom is -0.361 e. The van der Waals surface area contributed by atoms with E-state index in [1.807, 2.05) is 0 Å². The molecule has 14 heavy (non-hydrogen) atoms. The van der Waals surface area contributed by atoms with Gasteiger partial charge >= 0.3 is 0 Å². The van der Waals surface area contributed by atoms with Crippen LogP contribution in [0.2, 0.25) is 0 Å². The molecule has 0 spiro atoms. The maximum Gasteiger partial charge on any atom is 0.171 e. The van der Waals surface area contributed by atoms with Gasteiger partial charge in [-0.2, -0.15) is 0 Å². The van der Waals surface area contributed by atoms with E-state index in [1.54, 1.807) is 12.1 Å². The third-order valence-corrected chi connectivity index (χ3v) is 2.07. The predicted octanol–water partition coefficient (Wildman–Crippen LogP) is 1.34. The van der Waals surface area contributed by atoms with Gasteiger partial charge in [0.25, 0.3) is 0 Å². The molecule has 0 aliphatic carbocycles. The summed E-state index contributed by atoms with van der Waals surface area (Å²) in [5.41, 5.74) is 0.745. The maximum atomic E-state index is 12.5. The van der Waals surface area contributed by atoms with Gasteiger partial charge in [-0.05, 0) is 17.7 Å². The van der Waals surface area contributed by atoms with Crippen molar-refractivity contribution in [3.63, 3.8) is 0 Å². The van der Waals surface area contributed by atoms with Gasteiger partial charge < -0.3 is 4.74 Å². The molecule has 0 atom stereocenters. The lowest BCUT2D eigenvalue weighted by Crippen LogP contribution is -2.06. The molecule has 0 unspecified atom stereocenters. The summed E-state index contributed by atoms with van der Waals surface area (Å²) in [5.74, 6) is -0.637. The van der Waals surface area contributed by atoms with Crippen LogP contribution in [-0.4, -0.2) is 20.6 Å². The van der Waals surface area contributed by atoms with Gasteiger partial charge in [-0.1, -0.05) is 12.1 Å². The van der Waals surface area contributed by atoms with Crippen molar-refractivity contribution in [2.24, 2.45) is 0 Å². The lowest BCUT2D eigenvalue weighted by Gasteiger charge is -2.02. The number of rotatable bonds is 4. The Kier molecular flexibility index (Phi) is 3.60. The van der Waals surface area contributed by atoms with Crippen molar-refractivity contribution in [2.45, 2.75) is 6.61 Å². The third kappa shape index (κ3) is 4.34. The van der Waals surface area contributed by atoms with E-state index in [1.165, 1.54) is 12.1 Å². The fourth-order valence-electron chi connectivity index (χ4n) is 0.892. The van der Waals surface area contributed by atoms with Crippen LogP contribution in [0.4, 0.5) is 4.39 Å². The first kappa shape index (κ1) is 11.1. The molecule has 0 aliphatic heterocycles. The van der Waals surface area contributed by atoms with Crippen molar-refractivity contribution < 1.29 is 17.5 Å². The Morgan fingerprint density at radius 1 is 1.29 bits per heavy atom. The smallest absolute Gasteiger partial charge is 0.171 e. The van der Waals surface area contributed by atoms with Gasteiger partial charge in [-0.3, -0.25) is 0 Å². The Morgan fingerprint density at radius 2 is 1.86 bits per heavy atom. The Hall–Kier alpha value is -0.940. The van der Waals surface area contributed by atoms with Crippen molar-refractivity contribution >= 4 is 9.84 Å². The maximum absolute atomic E-state index is 12.5. The van der Waals surface area contributed by atoms with Gasteiger partial charge in [-0.15, -0.1) is 0 Å². The van der Waals surface area contributed by atoms with Crippen LogP contribution in [0.5, 0.6) is 0 Å². The third-order valence-electron chi connectivity index (χ3n) is 1.48. The molecule has 0 saturated heterocycles. The SMILES string of the molecule is CS(=O)(=O)COCc1ccc(F)cc1. The highest BCUT2D eigenvalue weighted by Crippen LogP contribution is 2.04. The zero-order valence-electron chi connectivity index (χ0n) is 7.73. The van der Waals surface area contributed by atoms with Gasteiger partial charge in [0.05, 0.1) is 6.61 Å². The molecule has 1 aromatic carbocycles. The molecule has 0 aliphatic rings. The number of halogens is 1. The summed E-state index contributed by atoms with van der Waals surface area (Å²) in [5, 5.41) is 0. The summed E-state index contributed by atoms with van der Waals surface area (Å²) >= 11 is 0. The van der Waals surface area contributed by atoms with Crippen molar-refractivity contribution in [1.82, 2.24) is 0 Å². The van der Waals surface area contributed by atoms with Crippen molar-refractivity contribution in [1.29, 1.82) is 0 Å². The number of hydrogen-bond donors (Lipinski definition) is 0. The molecule has 3 nitrogen and oxygen atoms in total. The molecule has 0 amide bonds. The first-order valence-corrected chi connectivity index (χ1v) is 6.03. The topological polar surface area (TPSA) is 43.4 Å². The van der Waals surface area contributed by atoms with Crippen LogP contribution < -0.4 is 0 Å². The minimum atomic E-state index is -3.10. The standard InChI is InChI=1S/C9H11FO3S/c1-14(11,12)7-13-6-8-2-4-9(10)5-3-8/h2-5H,6-7H2,1H3. The monoisotopic (exact) mass is 218 g/mol. The van der Waals surface area contributed by atoms with E-state index >= 15 is 0 Å². The molecule has 5 heteroatoms. The van der Waals surface area contributed by atoms with E-state index in [-0.39, 0.29) is 18.4 Å². The fraction of sp³-hybridized carbons (Fsp3) is 0.333. The molecular weight excluding hydrogens is 207 g/mol. The summed E-state index contributed by atoms with van der Waals surface area (Å²) in [6.45, 7) is 0.174. The quantitative estimate of drug-likeness (QED) is 0.766. The Morgan fingerprint density at radius 3 is 2.36 bits per heavy atom. The van der Waals surface area contributed by atoms with Crippen LogP contribution >= 0.6 is 0 Å². The van der Waals surface area contributed by atoms with Gasteiger partial charge in [-0.25, -0.2) is 12.8 Å². The fourth-order valence-corrected chi connectivity index (χ4v) is 1.28. The zero-order chi connectivity index (χ0) is 10.6. The Labute approximate surface area is 82.4 Å². The van der Waals surface area contributed by atoms with Crippen molar-refractivity contribution in [2.75, 3.05) is 12.2 Å². The van der Waals surface area contributed by atoms with Crippen LogP contribution in [-0.2, 0) is 21.2 Å². The van der Waals surface area contributed by atoms with Gasteiger partial charge in [0.1, 0.15) is 11.8 Å². The van der Waals surface area contributed by atoms with E-state index in [4.69, 9.17) is 4.74 Å². The van der Waals surface area contributed by atoms with Crippen LogP contribution in [0.25, 0.3) is 0 Å². The number of sulfone groups is 1. The largest absolute Gasteiger partial charge is 0.361 e. The predicted molar refractivity (Wildman–Crippen MR) is 50.9 cm³/mol. The second kappa shape index (κ2) is 4.52. The Balaban J connectivity index is 2.43. The van der Waals surface area contributed by atoms with Gasteiger partial charge in [0.2, 0.25) is 0 Å². The summed E-state index contributed by atoms with van der Waals surface area (Å²) in [7, 11) is -3.10.